The lowest BCUT2D eigenvalue weighted by atomic mass is 10.1. The number of phenols is 1. The Morgan fingerprint density at radius 3 is 2.53 bits per heavy atom. The molecule has 1 heterocycles. The summed E-state index contributed by atoms with van der Waals surface area (Å²) in [5.41, 5.74) is -1.79. The number of phenolic OH excluding ortho intramolecular Hbond substituents is 1. The van der Waals surface area contributed by atoms with Gasteiger partial charge in [0, 0.05) is 11.5 Å². The fourth-order valence-corrected chi connectivity index (χ4v) is 1.57. The van der Waals surface area contributed by atoms with Crippen LogP contribution in [0.3, 0.4) is 0 Å². The van der Waals surface area contributed by atoms with Crippen molar-refractivity contribution in [1.29, 1.82) is 0 Å². The predicted octanol–water partition coefficient (Wildman–Crippen LogP) is 1.85. The van der Waals surface area contributed by atoms with Gasteiger partial charge < -0.3 is 10.2 Å². The van der Waals surface area contributed by atoms with Crippen molar-refractivity contribution in [3.05, 3.63) is 23.6 Å². The molecule has 17 heavy (non-hydrogen) atoms. The van der Waals surface area contributed by atoms with Gasteiger partial charge in [0.25, 0.3) is 0 Å². The Labute approximate surface area is 91.7 Å². The molecule has 1 aromatic carbocycles. The van der Waals surface area contributed by atoms with Crippen LogP contribution in [0.1, 0.15) is 5.56 Å². The van der Waals surface area contributed by atoms with Crippen molar-refractivity contribution in [1.82, 2.24) is 9.78 Å². The molecule has 2 rings (SSSR count). The monoisotopic (exact) mass is 250 g/mol. The van der Waals surface area contributed by atoms with Crippen molar-refractivity contribution in [2.45, 2.75) is 12.9 Å². The van der Waals surface area contributed by atoms with E-state index in [0.717, 1.165) is 16.9 Å². The Kier molecular flexibility index (Phi) is 2.46. The topological polar surface area (TPSA) is 58.3 Å². The highest BCUT2D eigenvalue weighted by Crippen LogP contribution is 2.39. The van der Waals surface area contributed by atoms with Crippen molar-refractivity contribution < 1.29 is 27.8 Å². The fourth-order valence-electron chi connectivity index (χ4n) is 1.57. The van der Waals surface area contributed by atoms with Gasteiger partial charge in [0.1, 0.15) is 12.3 Å². The van der Waals surface area contributed by atoms with E-state index >= 15 is 0 Å². The van der Waals surface area contributed by atoms with Gasteiger partial charge in [-0.2, -0.15) is 18.3 Å². The van der Waals surface area contributed by atoms with Crippen molar-refractivity contribution in [3.8, 4) is 5.75 Å². The van der Waals surface area contributed by atoms with E-state index in [-0.39, 0.29) is 5.52 Å². The molecule has 8 heteroatoms. The summed E-state index contributed by atoms with van der Waals surface area (Å²) in [6.45, 7) is -0.675. The maximum absolute atomic E-state index is 13.3. The second kappa shape index (κ2) is 3.59. The number of aromatic hydroxyl groups is 1. The minimum Gasteiger partial charge on any atom is -0.505 e. The summed E-state index contributed by atoms with van der Waals surface area (Å²) < 4.78 is 51.9. The standard InChI is InChI=1S/C9H6F4N2O2/c10-8-6(17)1-5-4(2-14-15(5)3-16)7(8)9(11,12)13/h1-2,16-17H,3H2. The lowest BCUT2D eigenvalue weighted by Crippen LogP contribution is -2.09. The minimum atomic E-state index is -4.95. The van der Waals surface area contributed by atoms with Crippen LogP contribution in [-0.2, 0) is 12.9 Å². The van der Waals surface area contributed by atoms with Gasteiger partial charge >= 0.3 is 6.18 Å². The molecule has 0 aliphatic heterocycles. The second-order valence-corrected chi connectivity index (χ2v) is 3.30. The fraction of sp³-hybridized carbons (Fsp3) is 0.222. The number of nitrogens with zero attached hydrogens (tertiary/aromatic N) is 2. The molecule has 0 radical (unpaired) electrons. The number of hydrogen-bond donors (Lipinski definition) is 2. The summed E-state index contributed by atoms with van der Waals surface area (Å²) in [6.07, 6.45) is -4.17. The molecule has 0 unspecified atom stereocenters. The maximum Gasteiger partial charge on any atom is 0.420 e. The molecule has 0 atom stereocenters. The number of rotatable bonds is 1. The van der Waals surface area contributed by atoms with Crippen LogP contribution in [0.5, 0.6) is 5.75 Å². The molecule has 1 aromatic heterocycles. The third kappa shape index (κ3) is 1.70. The van der Waals surface area contributed by atoms with Crippen LogP contribution in [-0.4, -0.2) is 20.0 Å². The first-order chi connectivity index (χ1) is 7.86. The summed E-state index contributed by atoms with van der Waals surface area (Å²) >= 11 is 0. The third-order valence-electron chi connectivity index (χ3n) is 2.28. The molecule has 0 amide bonds. The number of aliphatic hydroxyl groups excluding tert-OH is 1. The van der Waals surface area contributed by atoms with E-state index in [9.17, 15) is 17.6 Å². The van der Waals surface area contributed by atoms with Gasteiger partial charge in [-0.15, -0.1) is 0 Å². The zero-order chi connectivity index (χ0) is 12.8. The van der Waals surface area contributed by atoms with Gasteiger partial charge in [-0.05, 0) is 0 Å². The normalized spacial score (nSPS) is 12.3. The van der Waals surface area contributed by atoms with Crippen LogP contribution in [0, 0.1) is 5.82 Å². The van der Waals surface area contributed by atoms with Crippen molar-refractivity contribution in [2.75, 3.05) is 0 Å². The van der Waals surface area contributed by atoms with Gasteiger partial charge in [-0.25, -0.2) is 9.07 Å². The molecule has 0 bridgehead atoms. The van der Waals surface area contributed by atoms with E-state index in [2.05, 4.69) is 5.10 Å². The minimum absolute atomic E-state index is 0.196. The molecule has 0 spiro atoms. The second-order valence-electron chi connectivity index (χ2n) is 3.30. The van der Waals surface area contributed by atoms with E-state index < -0.39 is 35.4 Å². The lowest BCUT2D eigenvalue weighted by Gasteiger charge is -2.10. The summed E-state index contributed by atoms with van der Waals surface area (Å²) in [5.74, 6) is -2.89. The van der Waals surface area contributed by atoms with Crippen molar-refractivity contribution in [2.24, 2.45) is 0 Å². The van der Waals surface area contributed by atoms with E-state index in [0.29, 0.717) is 0 Å². The van der Waals surface area contributed by atoms with Crippen LogP contribution in [0.15, 0.2) is 12.3 Å². The highest BCUT2D eigenvalue weighted by molar-refractivity contribution is 5.84. The predicted molar refractivity (Wildman–Crippen MR) is 48.6 cm³/mol. The van der Waals surface area contributed by atoms with Crippen LogP contribution >= 0.6 is 0 Å². The highest BCUT2D eigenvalue weighted by Gasteiger charge is 2.38. The molecule has 0 aliphatic carbocycles. The van der Waals surface area contributed by atoms with Crippen LogP contribution in [0.4, 0.5) is 17.6 Å². The number of aromatic nitrogens is 2. The van der Waals surface area contributed by atoms with Gasteiger partial charge in [-0.3, -0.25) is 0 Å². The molecule has 4 nitrogen and oxygen atoms in total. The Morgan fingerprint density at radius 1 is 1.35 bits per heavy atom. The maximum atomic E-state index is 13.3. The average Bonchev–Trinajstić information content (AvgIpc) is 2.59. The van der Waals surface area contributed by atoms with Crippen LogP contribution in [0.25, 0.3) is 10.9 Å². The summed E-state index contributed by atoms with van der Waals surface area (Å²) in [6, 6.07) is 0.781. The quantitative estimate of drug-likeness (QED) is 0.759. The van der Waals surface area contributed by atoms with Crippen molar-refractivity contribution >= 4 is 10.9 Å². The van der Waals surface area contributed by atoms with Crippen LogP contribution < -0.4 is 0 Å². The first-order valence-corrected chi connectivity index (χ1v) is 4.41. The van der Waals surface area contributed by atoms with Crippen molar-refractivity contribution in [3.63, 3.8) is 0 Å². The van der Waals surface area contributed by atoms with Gasteiger partial charge in [-0.1, -0.05) is 0 Å². The molecule has 0 saturated heterocycles. The third-order valence-corrected chi connectivity index (χ3v) is 2.28. The number of halogens is 4. The molecule has 0 fully saturated rings. The number of benzene rings is 1. The molecule has 92 valence electrons. The smallest absolute Gasteiger partial charge is 0.420 e. The SMILES string of the molecule is OCn1ncc2c(C(F)(F)F)c(F)c(O)cc21. The Hall–Kier alpha value is -1.83. The molecule has 0 aliphatic rings. The zero-order valence-electron chi connectivity index (χ0n) is 8.16. The first kappa shape index (κ1) is 11.6. The lowest BCUT2D eigenvalue weighted by molar-refractivity contribution is -0.138. The number of hydrogen-bond acceptors (Lipinski definition) is 3. The van der Waals surface area contributed by atoms with Gasteiger partial charge in [0.2, 0.25) is 0 Å². The molecular weight excluding hydrogens is 244 g/mol. The largest absolute Gasteiger partial charge is 0.505 e. The van der Waals surface area contributed by atoms with Gasteiger partial charge in [0.05, 0.1) is 11.7 Å². The van der Waals surface area contributed by atoms with E-state index in [1.807, 2.05) is 0 Å². The highest BCUT2D eigenvalue weighted by atomic mass is 19.4. The summed E-state index contributed by atoms with van der Waals surface area (Å²) in [7, 11) is 0. The molecule has 2 N–H and O–H groups in total. The van der Waals surface area contributed by atoms with Gasteiger partial charge in [0.15, 0.2) is 11.6 Å². The van der Waals surface area contributed by atoms with Crippen LogP contribution in [0.2, 0.25) is 0 Å². The molecule has 0 saturated carbocycles. The first-order valence-electron chi connectivity index (χ1n) is 4.41. The van der Waals surface area contributed by atoms with E-state index in [1.54, 1.807) is 0 Å². The number of fused-ring (bicyclic) bond motifs is 1. The molecule has 2 aromatic rings. The average molecular weight is 250 g/mol. The summed E-state index contributed by atoms with van der Waals surface area (Å²) in [4.78, 5) is 0. The summed E-state index contributed by atoms with van der Waals surface area (Å²) in [5, 5.41) is 20.9. The van der Waals surface area contributed by atoms with E-state index in [4.69, 9.17) is 10.2 Å². The molecular formula is C9H6F4N2O2. The Morgan fingerprint density at radius 2 is 2.00 bits per heavy atom. The Bertz CT molecular complexity index is 576. The number of alkyl halides is 3. The van der Waals surface area contributed by atoms with E-state index in [1.165, 1.54) is 0 Å². The number of aliphatic hydroxyl groups is 1. The zero-order valence-corrected chi connectivity index (χ0v) is 8.16. The Balaban J connectivity index is 2.89.